The van der Waals surface area contributed by atoms with Crippen LogP contribution in [0.15, 0.2) is 22.3 Å². The molecule has 18 heavy (non-hydrogen) atoms. The molecular formula is C15H27NOSi. The quantitative estimate of drug-likeness (QED) is 0.778. The molecule has 2 unspecified atom stereocenters. The van der Waals surface area contributed by atoms with Crippen LogP contribution in [0.5, 0.6) is 0 Å². The van der Waals surface area contributed by atoms with Gasteiger partial charge in [-0.25, -0.2) is 0 Å². The van der Waals surface area contributed by atoms with Gasteiger partial charge in [0.1, 0.15) is 0 Å². The molecule has 0 aromatic carbocycles. The fraction of sp³-hybridized carbons (Fsp3) is 0.667. The summed E-state index contributed by atoms with van der Waals surface area (Å²) in [5, 5.41) is 0.00829. The Balaban J connectivity index is 3.30. The van der Waals surface area contributed by atoms with E-state index in [1.54, 1.807) is 0 Å². The van der Waals surface area contributed by atoms with Crippen LogP contribution in [0.2, 0.25) is 18.1 Å². The van der Waals surface area contributed by atoms with Crippen LogP contribution in [-0.2, 0) is 4.79 Å². The molecule has 2 atom stereocenters. The number of primary amides is 1. The van der Waals surface area contributed by atoms with Gasteiger partial charge in [-0.15, -0.1) is 0 Å². The van der Waals surface area contributed by atoms with Crippen LogP contribution in [-0.4, -0.2) is 14.7 Å². The van der Waals surface area contributed by atoms with Crippen LogP contribution in [0.1, 0.15) is 41.0 Å². The van der Waals surface area contributed by atoms with Gasteiger partial charge in [-0.3, -0.25) is 4.79 Å². The van der Waals surface area contributed by atoms with Crippen LogP contribution < -0.4 is 5.73 Å². The highest BCUT2D eigenvalue weighted by Crippen LogP contribution is 2.53. The number of hydrogen-bond donors (Lipinski definition) is 1. The van der Waals surface area contributed by atoms with Gasteiger partial charge < -0.3 is 5.73 Å². The second-order valence-electron chi connectivity index (χ2n) is 6.28. The third-order valence-electron chi connectivity index (χ3n) is 5.07. The van der Waals surface area contributed by atoms with Gasteiger partial charge in [0.05, 0.1) is 0 Å². The number of allylic oxidation sites excluding steroid dienone is 4. The summed E-state index contributed by atoms with van der Waals surface area (Å²) < 4.78 is 0. The van der Waals surface area contributed by atoms with Crippen molar-refractivity contribution in [3.8, 4) is 0 Å². The fourth-order valence-corrected chi connectivity index (χ4v) is 4.96. The molecule has 0 bridgehead atoms. The Labute approximate surface area is 113 Å². The van der Waals surface area contributed by atoms with Crippen molar-refractivity contribution in [2.24, 2.45) is 11.7 Å². The summed E-state index contributed by atoms with van der Waals surface area (Å²) in [4.78, 5) is 11.5. The molecule has 102 valence electrons. The van der Waals surface area contributed by atoms with Gasteiger partial charge in [0.2, 0.25) is 5.91 Å². The highest BCUT2D eigenvalue weighted by Gasteiger charge is 2.41. The van der Waals surface area contributed by atoms with E-state index in [0.29, 0.717) is 12.3 Å². The smallest absolute Gasteiger partial charge is 0.217 e. The molecule has 1 amide bonds. The van der Waals surface area contributed by atoms with E-state index in [0.717, 1.165) is 0 Å². The Hall–Kier alpha value is -0.833. The van der Waals surface area contributed by atoms with Crippen molar-refractivity contribution in [3.63, 3.8) is 0 Å². The maximum Gasteiger partial charge on any atom is 0.217 e. The first kappa shape index (κ1) is 15.2. The number of carbonyl (C=O) groups is 1. The molecule has 0 heterocycles. The monoisotopic (exact) mass is 265 g/mol. The largest absolute Gasteiger partial charge is 0.370 e. The normalized spacial score (nSPS) is 23.9. The van der Waals surface area contributed by atoms with Gasteiger partial charge in [-0.05, 0) is 42.9 Å². The van der Waals surface area contributed by atoms with E-state index < -0.39 is 8.80 Å². The lowest BCUT2D eigenvalue weighted by molar-refractivity contribution is -0.118. The Morgan fingerprint density at radius 3 is 2.06 bits per heavy atom. The van der Waals surface area contributed by atoms with Crippen molar-refractivity contribution >= 4 is 14.7 Å². The van der Waals surface area contributed by atoms with E-state index in [-0.39, 0.29) is 10.9 Å². The highest BCUT2D eigenvalue weighted by atomic mass is 28.3. The van der Waals surface area contributed by atoms with Crippen LogP contribution in [0, 0.1) is 5.92 Å². The number of amides is 1. The Bertz CT molecular complexity index is 434. The third kappa shape index (κ3) is 2.33. The van der Waals surface area contributed by atoms with Gasteiger partial charge in [-0.2, -0.15) is 0 Å². The summed E-state index contributed by atoms with van der Waals surface area (Å²) in [7, 11) is -1.03. The van der Waals surface area contributed by atoms with Gasteiger partial charge in [0.15, 0.2) is 0 Å². The average molecular weight is 265 g/mol. The van der Waals surface area contributed by atoms with E-state index in [9.17, 15) is 4.79 Å². The van der Waals surface area contributed by atoms with Crippen molar-refractivity contribution in [1.82, 2.24) is 0 Å². The zero-order valence-corrected chi connectivity index (χ0v) is 14.0. The molecule has 0 aromatic heterocycles. The maximum atomic E-state index is 11.5. The molecule has 2 nitrogen and oxygen atoms in total. The van der Waals surface area contributed by atoms with Crippen molar-refractivity contribution in [2.75, 3.05) is 0 Å². The minimum atomic E-state index is -1.03. The predicted octanol–water partition coefficient (Wildman–Crippen LogP) is 3.41. The molecule has 1 aliphatic carbocycles. The molecule has 1 aliphatic rings. The van der Waals surface area contributed by atoms with Gasteiger partial charge >= 0.3 is 0 Å². The molecule has 3 heteroatoms. The Morgan fingerprint density at radius 1 is 1.28 bits per heavy atom. The molecule has 0 saturated heterocycles. The number of carbonyl (C=O) groups excluding carboxylic acids is 1. The zero-order chi connectivity index (χ0) is 14.2. The predicted molar refractivity (Wildman–Crippen MR) is 81.3 cm³/mol. The molecule has 0 radical (unpaired) electrons. The molecular weight excluding hydrogens is 238 g/mol. The first-order valence-corrected chi connectivity index (χ1v) is 9.68. The minimum Gasteiger partial charge on any atom is -0.370 e. The van der Waals surface area contributed by atoms with E-state index in [4.69, 9.17) is 5.73 Å². The number of nitrogens with two attached hydrogens (primary N) is 1. The maximum absolute atomic E-state index is 11.5. The topological polar surface area (TPSA) is 43.1 Å². The molecule has 0 spiro atoms. The van der Waals surface area contributed by atoms with E-state index in [1.165, 1.54) is 22.3 Å². The molecule has 2 N–H and O–H groups in total. The summed E-state index contributed by atoms with van der Waals surface area (Å²) >= 11 is 0. The standard InChI is InChI=1S/C15H27NOSi/c1-9-10(2)12(4)14(11(9)3)15(5,18(6)7)8-13(16)17/h11,18H,8H2,1-7H3,(H2,16,17). The molecule has 0 saturated carbocycles. The highest BCUT2D eigenvalue weighted by molar-refractivity contribution is 6.60. The zero-order valence-electron chi connectivity index (χ0n) is 12.8. The van der Waals surface area contributed by atoms with Crippen LogP contribution in [0.4, 0.5) is 0 Å². The SMILES string of the molecule is CC1=C(C)C(C)C(C(C)(CC(N)=O)[SiH](C)C)=C1C. The van der Waals surface area contributed by atoms with Crippen molar-refractivity contribution in [1.29, 1.82) is 0 Å². The second-order valence-corrected chi connectivity index (χ2v) is 9.87. The number of rotatable bonds is 4. The summed E-state index contributed by atoms with van der Waals surface area (Å²) in [6.07, 6.45) is 0.495. The van der Waals surface area contributed by atoms with Gasteiger partial charge in [-0.1, -0.05) is 38.1 Å². The molecule has 0 aromatic rings. The molecule has 1 rings (SSSR count). The van der Waals surface area contributed by atoms with Crippen molar-refractivity contribution < 1.29 is 4.79 Å². The molecule has 0 fully saturated rings. The minimum absolute atomic E-state index is 0.00829. The van der Waals surface area contributed by atoms with Crippen LogP contribution in [0.3, 0.4) is 0 Å². The first-order chi connectivity index (χ1) is 8.12. The van der Waals surface area contributed by atoms with Gasteiger partial charge in [0.25, 0.3) is 0 Å². The number of hydrogen-bond acceptors (Lipinski definition) is 1. The van der Waals surface area contributed by atoms with Crippen molar-refractivity contribution in [2.45, 2.75) is 59.2 Å². The lowest BCUT2D eigenvalue weighted by Gasteiger charge is -2.37. The first-order valence-electron chi connectivity index (χ1n) is 6.80. The van der Waals surface area contributed by atoms with Crippen LogP contribution in [0.25, 0.3) is 0 Å². The van der Waals surface area contributed by atoms with Crippen LogP contribution >= 0.6 is 0 Å². The third-order valence-corrected chi connectivity index (χ3v) is 8.14. The van der Waals surface area contributed by atoms with Gasteiger partial charge in [0, 0.05) is 15.2 Å². The summed E-state index contributed by atoms with van der Waals surface area (Å²) in [6.45, 7) is 15.8. The van der Waals surface area contributed by atoms with E-state index >= 15 is 0 Å². The van der Waals surface area contributed by atoms with E-state index in [2.05, 4.69) is 47.7 Å². The lowest BCUT2D eigenvalue weighted by atomic mass is 9.85. The van der Waals surface area contributed by atoms with Crippen molar-refractivity contribution in [3.05, 3.63) is 22.3 Å². The second kappa shape index (κ2) is 5.04. The summed E-state index contributed by atoms with van der Waals surface area (Å²) in [5.74, 6) is 0.289. The summed E-state index contributed by atoms with van der Waals surface area (Å²) in [5.41, 5.74) is 11.2. The molecule has 0 aliphatic heterocycles. The summed E-state index contributed by atoms with van der Waals surface area (Å²) in [6, 6.07) is 0. The fourth-order valence-electron chi connectivity index (χ4n) is 3.26. The lowest BCUT2D eigenvalue weighted by Crippen LogP contribution is -2.33. The Morgan fingerprint density at radius 2 is 1.78 bits per heavy atom. The van der Waals surface area contributed by atoms with E-state index in [1.807, 2.05) is 0 Å². The average Bonchev–Trinajstić information content (AvgIpc) is 2.42. The Kier molecular flexibility index (Phi) is 4.26.